The zero-order valence-electron chi connectivity index (χ0n) is 19.5. The predicted molar refractivity (Wildman–Crippen MR) is 118 cm³/mol. The van der Waals surface area contributed by atoms with Gasteiger partial charge in [0.2, 0.25) is 0 Å². The fraction of sp³-hybridized carbons (Fsp3) is 0.625. The molecule has 2 aliphatic heterocycles. The Bertz CT molecular complexity index is 812. The number of carbonyl (C=O) groups excluding carboxylic acids is 3. The van der Waals surface area contributed by atoms with E-state index in [2.05, 4.69) is 0 Å². The number of nitrogens with zero attached hydrogens (tertiary/aromatic N) is 2. The molecule has 32 heavy (non-hydrogen) atoms. The van der Waals surface area contributed by atoms with Crippen LogP contribution in [0.25, 0.3) is 0 Å². The molecule has 0 unspecified atom stereocenters. The largest absolute Gasteiger partial charge is 0.464 e. The molecule has 8 heteroatoms. The van der Waals surface area contributed by atoms with Gasteiger partial charge in [-0.2, -0.15) is 0 Å². The van der Waals surface area contributed by atoms with Crippen molar-refractivity contribution >= 4 is 18.2 Å². The number of benzene rings is 1. The zero-order valence-corrected chi connectivity index (χ0v) is 19.5. The minimum atomic E-state index is -0.675. The highest BCUT2D eigenvalue weighted by Gasteiger charge is 2.51. The van der Waals surface area contributed by atoms with Gasteiger partial charge in [0.15, 0.2) is 0 Å². The minimum absolute atomic E-state index is 0.144. The lowest BCUT2D eigenvalue weighted by Gasteiger charge is -2.39. The number of likely N-dealkylation sites (tertiary alicyclic amines) is 2. The van der Waals surface area contributed by atoms with Gasteiger partial charge in [0.05, 0.1) is 6.61 Å². The minimum Gasteiger partial charge on any atom is -0.464 e. The lowest BCUT2D eigenvalue weighted by atomic mass is 9.76. The fourth-order valence-electron chi connectivity index (χ4n) is 4.35. The Kier molecular flexibility index (Phi) is 7.31. The molecule has 2 heterocycles. The third kappa shape index (κ3) is 5.93. The van der Waals surface area contributed by atoms with Gasteiger partial charge in [-0.3, -0.25) is 4.90 Å². The average Bonchev–Trinajstić information content (AvgIpc) is 3.11. The number of hydrogen-bond donors (Lipinski definition) is 0. The first-order valence-electron chi connectivity index (χ1n) is 11.2. The quantitative estimate of drug-likeness (QED) is 0.514. The van der Waals surface area contributed by atoms with Crippen molar-refractivity contribution in [3.63, 3.8) is 0 Å². The summed E-state index contributed by atoms with van der Waals surface area (Å²) in [5.74, 6) is -0.407. The topological polar surface area (TPSA) is 85.4 Å². The summed E-state index contributed by atoms with van der Waals surface area (Å²) < 4.78 is 16.2. The van der Waals surface area contributed by atoms with Gasteiger partial charge in [-0.15, -0.1) is 0 Å². The van der Waals surface area contributed by atoms with Crippen LogP contribution in [0.3, 0.4) is 0 Å². The number of hydrogen-bond acceptors (Lipinski definition) is 6. The van der Waals surface area contributed by atoms with E-state index in [9.17, 15) is 14.4 Å². The molecular formula is C24H34N2O6. The lowest BCUT2D eigenvalue weighted by Crippen LogP contribution is -2.46. The maximum atomic E-state index is 12.9. The summed E-state index contributed by atoms with van der Waals surface area (Å²) in [5.41, 5.74) is 0.0865. The van der Waals surface area contributed by atoms with Crippen molar-refractivity contribution in [3.05, 3.63) is 35.9 Å². The van der Waals surface area contributed by atoms with Crippen molar-refractivity contribution in [2.45, 2.75) is 65.2 Å². The highest BCUT2D eigenvalue weighted by atomic mass is 16.6. The molecule has 1 aromatic rings. The van der Waals surface area contributed by atoms with Crippen LogP contribution < -0.4 is 0 Å². The van der Waals surface area contributed by atoms with Crippen LogP contribution in [-0.4, -0.2) is 65.8 Å². The van der Waals surface area contributed by atoms with E-state index in [1.54, 1.807) is 11.8 Å². The number of esters is 1. The van der Waals surface area contributed by atoms with E-state index in [-0.39, 0.29) is 24.7 Å². The van der Waals surface area contributed by atoms with Gasteiger partial charge < -0.3 is 19.1 Å². The van der Waals surface area contributed by atoms with Crippen molar-refractivity contribution in [1.29, 1.82) is 0 Å². The van der Waals surface area contributed by atoms with Crippen LogP contribution in [0.2, 0.25) is 0 Å². The summed E-state index contributed by atoms with van der Waals surface area (Å²) in [6.45, 7) is 9.14. The van der Waals surface area contributed by atoms with Crippen molar-refractivity contribution in [2.24, 2.45) is 5.41 Å². The average molecular weight is 447 g/mol. The van der Waals surface area contributed by atoms with Crippen LogP contribution >= 0.6 is 0 Å². The summed E-state index contributed by atoms with van der Waals surface area (Å²) >= 11 is 0. The summed E-state index contributed by atoms with van der Waals surface area (Å²) in [7, 11) is 0. The molecule has 1 atom stereocenters. The molecule has 176 valence electrons. The SMILES string of the molecule is CCOC(=O)[C@@H]1CC2(CCN(C(=O)OC(C)(C)C)CC2)CN1C(=O)OCc1ccccc1. The normalized spacial score (nSPS) is 20.2. The van der Waals surface area contributed by atoms with Crippen LogP contribution in [0, 0.1) is 5.41 Å². The second kappa shape index (κ2) is 9.79. The molecule has 2 fully saturated rings. The Labute approximate surface area is 189 Å². The predicted octanol–water partition coefficient (Wildman–Crippen LogP) is 3.98. The number of carbonyl (C=O) groups is 3. The molecule has 0 aromatic heterocycles. The zero-order chi connectivity index (χ0) is 23.4. The van der Waals surface area contributed by atoms with Gasteiger partial charge in [0.1, 0.15) is 18.2 Å². The maximum Gasteiger partial charge on any atom is 0.410 e. The van der Waals surface area contributed by atoms with Crippen LogP contribution in [0.5, 0.6) is 0 Å². The Balaban J connectivity index is 1.65. The van der Waals surface area contributed by atoms with Crippen LogP contribution in [-0.2, 0) is 25.6 Å². The highest BCUT2D eigenvalue weighted by Crippen LogP contribution is 2.44. The summed E-state index contributed by atoms with van der Waals surface area (Å²) in [6.07, 6.45) is 1.04. The first-order valence-corrected chi connectivity index (χ1v) is 11.2. The van der Waals surface area contributed by atoms with Crippen molar-refractivity contribution in [3.8, 4) is 0 Å². The second-order valence-corrected chi connectivity index (χ2v) is 9.61. The van der Waals surface area contributed by atoms with Crippen molar-refractivity contribution in [1.82, 2.24) is 9.80 Å². The third-order valence-corrected chi connectivity index (χ3v) is 5.98. The Hall–Kier alpha value is -2.77. The Morgan fingerprint density at radius 1 is 1.03 bits per heavy atom. The van der Waals surface area contributed by atoms with E-state index in [1.807, 2.05) is 51.1 Å². The molecule has 2 aliphatic rings. The van der Waals surface area contributed by atoms with Crippen LogP contribution in [0.1, 0.15) is 52.5 Å². The summed E-state index contributed by atoms with van der Waals surface area (Å²) in [5, 5.41) is 0. The molecule has 8 nitrogen and oxygen atoms in total. The lowest BCUT2D eigenvalue weighted by molar-refractivity contribution is -0.148. The van der Waals surface area contributed by atoms with Gasteiger partial charge in [0, 0.05) is 19.6 Å². The Morgan fingerprint density at radius 2 is 1.69 bits per heavy atom. The summed E-state index contributed by atoms with van der Waals surface area (Å²) in [4.78, 5) is 41.2. The van der Waals surface area contributed by atoms with Crippen molar-refractivity contribution < 1.29 is 28.6 Å². The molecule has 0 bridgehead atoms. The highest BCUT2D eigenvalue weighted by molar-refractivity contribution is 5.82. The standard InChI is InChI=1S/C24H34N2O6/c1-5-30-20(27)19-15-24(11-13-25(14-12-24)21(28)32-23(2,3)4)17-26(19)22(29)31-16-18-9-7-6-8-10-18/h6-10,19H,5,11-17H2,1-4H3/t19-/m0/s1. The van der Waals surface area contributed by atoms with Gasteiger partial charge >= 0.3 is 18.2 Å². The van der Waals surface area contributed by atoms with Gasteiger partial charge in [-0.25, -0.2) is 14.4 Å². The van der Waals surface area contributed by atoms with Gasteiger partial charge in [-0.1, -0.05) is 30.3 Å². The fourth-order valence-corrected chi connectivity index (χ4v) is 4.35. The van der Waals surface area contributed by atoms with Crippen LogP contribution in [0.15, 0.2) is 30.3 Å². The monoisotopic (exact) mass is 446 g/mol. The third-order valence-electron chi connectivity index (χ3n) is 5.98. The molecule has 0 saturated carbocycles. The molecule has 2 saturated heterocycles. The molecule has 1 spiro atoms. The second-order valence-electron chi connectivity index (χ2n) is 9.61. The summed E-state index contributed by atoms with van der Waals surface area (Å²) in [6, 6.07) is 8.76. The van der Waals surface area contributed by atoms with E-state index >= 15 is 0 Å². The van der Waals surface area contributed by atoms with Gasteiger partial charge in [0.25, 0.3) is 0 Å². The van der Waals surface area contributed by atoms with E-state index in [0.29, 0.717) is 38.9 Å². The van der Waals surface area contributed by atoms with E-state index in [0.717, 1.165) is 5.56 Å². The Morgan fingerprint density at radius 3 is 2.28 bits per heavy atom. The molecule has 1 aromatic carbocycles. The molecule has 0 radical (unpaired) electrons. The first-order chi connectivity index (χ1) is 15.1. The molecule has 0 N–H and O–H groups in total. The molecule has 3 rings (SSSR count). The van der Waals surface area contributed by atoms with Crippen molar-refractivity contribution in [2.75, 3.05) is 26.2 Å². The van der Waals surface area contributed by atoms with E-state index in [1.165, 1.54) is 4.90 Å². The number of ether oxygens (including phenoxy) is 3. The number of amides is 2. The molecule has 0 aliphatic carbocycles. The smallest absolute Gasteiger partial charge is 0.410 e. The van der Waals surface area contributed by atoms with Crippen LogP contribution in [0.4, 0.5) is 9.59 Å². The number of piperidine rings is 1. The van der Waals surface area contributed by atoms with Gasteiger partial charge in [-0.05, 0) is 57.9 Å². The molecular weight excluding hydrogens is 412 g/mol. The number of rotatable bonds is 4. The van der Waals surface area contributed by atoms with E-state index < -0.39 is 23.7 Å². The van der Waals surface area contributed by atoms with E-state index in [4.69, 9.17) is 14.2 Å². The first kappa shape index (κ1) is 23.9. The molecule has 2 amide bonds. The maximum absolute atomic E-state index is 12.9.